The number of benzene rings is 2. The highest BCUT2D eigenvalue weighted by Crippen LogP contribution is 2.37. The molecule has 1 amide bonds. The number of hydrogen-bond donors (Lipinski definition) is 1. The Morgan fingerprint density at radius 2 is 1.79 bits per heavy atom. The quantitative estimate of drug-likeness (QED) is 0.625. The summed E-state index contributed by atoms with van der Waals surface area (Å²) in [5.41, 5.74) is 6.56. The lowest BCUT2D eigenvalue weighted by molar-refractivity contribution is -0.137. The second kappa shape index (κ2) is 8.19. The minimum Gasteiger partial charge on any atom is -0.496 e. The summed E-state index contributed by atoms with van der Waals surface area (Å²) in [4.78, 5) is 17.3. The zero-order chi connectivity index (χ0) is 24.0. The van der Waals surface area contributed by atoms with Gasteiger partial charge in [0.15, 0.2) is 5.82 Å². The summed E-state index contributed by atoms with van der Waals surface area (Å²) in [6.45, 7) is 1.23. The van der Waals surface area contributed by atoms with Gasteiger partial charge < -0.3 is 20.3 Å². The van der Waals surface area contributed by atoms with Crippen molar-refractivity contribution in [3.63, 3.8) is 0 Å². The molecule has 34 heavy (non-hydrogen) atoms. The predicted octanol–water partition coefficient (Wildman–Crippen LogP) is 3.86. The molecule has 2 saturated heterocycles. The summed E-state index contributed by atoms with van der Waals surface area (Å²) in [5.74, 6) is 1.43. The number of carbonyl (C=O) groups excluding carboxylic acids is 1. The molecule has 2 aliphatic heterocycles. The van der Waals surface area contributed by atoms with Crippen molar-refractivity contribution >= 4 is 17.5 Å². The van der Waals surface area contributed by atoms with Crippen LogP contribution in [0.25, 0.3) is 11.1 Å². The lowest BCUT2D eigenvalue weighted by Crippen LogP contribution is -2.49. The number of nitrogens with two attached hydrogens (primary N) is 1. The maximum absolute atomic E-state index is 13.3. The number of hydrogen-bond acceptors (Lipinski definition) is 6. The molecule has 2 aliphatic rings. The molecule has 0 spiro atoms. The van der Waals surface area contributed by atoms with Crippen molar-refractivity contribution in [1.29, 1.82) is 0 Å². The zero-order valence-electron chi connectivity index (χ0n) is 18.3. The smallest absolute Gasteiger partial charge is 0.416 e. The fourth-order valence-corrected chi connectivity index (χ4v) is 4.75. The van der Waals surface area contributed by atoms with E-state index in [4.69, 9.17) is 10.5 Å². The van der Waals surface area contributed by atoms with Gasteiger partial charge in [-0.2, -0.15) is 13.2 Å². The number of likely N-dealkylation sites (tertiary alicyclic amines) is 1. The van der Waals surface area contributed by atoms with Gasteiger partial charge in [-0.05, 0) is 54.4 Å². The largest absolute Gasteiger partial charge is 0.496 e. The Labute approximate surface area is 193 Å². The highest BCUT2D eigenvalue weighted by Gasteiger charge is 2.46. The van der Waals surface area contributed by atoms with Crippen LogP contribution in [-0.4, -0.2) is 53.3 Å². The third-order valence-electron chi connectivity index (χ3n) is 6.44. The number of methoxy groups -OCH3 is 1. The average molecular weight is 469 g/mol. The second-order valence-corrected chi connectivity index (χ2v) is 8.46. The molecule has 1 aromatic heterocycles. The summed E-state index contributed by atoms with van der Waals surface area (Å²) in [6.07, 6.45) is -3.55. The van der Waals surface area contributed by atoms with E-state index < -0.39 is 11.7 Å². The van der Waals surface area contributed by atoms with Crippen molar-refractivity contribution < 1.29 is 22.7 Å². The van der Waals surface area contributed by atoms with Gasteiger partial charge in [-0.1, -0.05) is 12.1 Å². The van der Waals surface area contributed by atoms with E-state index in [-0.39, 0.29) is 18.0 Å². The first-order valence-electron chi connectivity index (χ1n) is 10.8. The first-order chi connectivity index (χ1) is 16.2. The maximum Gasteiger partial charge on any atom is 0.416 e. The molecule has 176 valence electrons. The highest BCUT2D eigenvalue weighted by molar-refractivity contribution is 5.96. The van der Waals surface area contributed by atoms with E-state index in [9.17, 15) is 18.0 Å². The third-order valence-corrected chi connectivity index (χ3v) is 6.44. The molecule has 7 nitrogen and oxygen atoms in total. The van der Waals surface area contributed by atoms with Crippen molar-refractivity contribution in [1.82, 2.24) is 15.1 Å². The number of nitrogens with zero attached hydrogens (tertiary/aromatic N) is 4. The number of alkyl halides is 3. The standard InChI is InChI=1S/C24H22F3N5O2/c1-34-20-10-15(4-7-19(20)14-2-5-16(6-3-14)24(25,26)27)23(33)32-13-17-11-18(32)12-31(17)22-9-8-21(28)29-30-22/h2-10,17-18H,11-13H2,1H3,(H2,28,29)/t17-,18?/m0/s1. The van der Waals surface area contributed by atoms with Gasteiger partial charge in [0.2, 0.25) is 0 Å². The van der Waals surface area contributed by atoms with Crippen LogP contribution in [0.5, 0.6) is 5.75 Å². The molecule has 3 aromatic rings. The van der Waals surface area contributed by atoms with Crippen LogP contribution < -0.4 is 15.4 Å². The summed E-state index contributed by atoms with van der Waals surface area (Å²) in [5, 5.41) is 8.07. The number of rotatable bonds is 4. The lowest BCUT2D eigenvalue weighted by atomic mass is 10.0. The molecule has 0 radical (unpaired) electrons. The monoisotopic (exact) mass is 469 g/mol. The van der Waals surface area contributed by atoms with E-state index in [0.717, 1.165) is 24.4 Å². The highest BCUT2D eigenvalue weighted by atomic mass is 19.4. The van der Waals surface area contributed by atoms with Crippen molar-refractivity contribution in [2.24, 2.45) is 0 Å². The summed E-state index contributed by atoms with van der Waals surface area (Å²) < 4.78 is 44.1. The summed E-state index contributed by atoms with van der Waals surface area (Å²) >= 11 is 0. The van der Waals surface area contributed by atoms with E-state index in [0.29, 0.717) is 41.3 Å². The van der Waals surface area contributed by atoms with Gasteiger partial charge in [0.05, 0.1) is 24.8 Å². The van der Waals surface area contributed by atoms with Crippen LogP contribution in [-0.2, 0) is 6.18 Å². The minimum atomic E-state index is -4.40. The molecular formula is C24H22F3N5O2. The number of piperazine rings is 1. The van der Waals surface area contributed by atoms with Gasteiger partial charge >= 0.3 is 6.18 Å². The molecule has 10 heteroatoms. The first kappa shape index (κ1) is 22.0. The minimum absolute atomic E-state index is 0.0532. The molecule has 3 heterocycles. The van der Waals surface area contributed by atoms with Gasteiger partial charge in [-0.15, -0.1) is 10.2 Å². The van der Waals surface area contributed by atoms with E-state index in [2.05, 4.69) is 15.1 Å². The number of aromatic nitrogens is 2. The van der Waals surface area contributed by atoms with Crippen LogP contribution in [0.15, 0.2) is 54.6 Å². The molecular weight excluding hydrogens is 447 g/mol. The molecule has 0 aliphatic carbocycles. The molecule has 1 unspecified atom stereocenters. The van der Waals surface area contributed by atoms with Crippen LogP contribution >= 0.6 is 0 Å². The Morgan fingerprint density at radius 3 is 2.38 bits per heavy atom. The van der Waals surface area contributed by atoms with Crippen LogP contribution in [0.4, 0.5) is 24.8 Å². The number of amides is 1. The maximum atomic E-state index is 13.3. The second-order valence-electron chi connectivity index (χ2n) is 8.46. The molecule has 2 atom stereocenters. The summed E-state index contributed by atoms with van der Waals surface area (Å²) in [6, 6.07) is 13.7. The molecule has 2 aromatic carbocycles. The van der Waals surface area contributed by atoms with Crippen LogP contribution in [0.3, 0.4) is 0 Å². The number of carbonyl (C=O) groups is 1. The fraction of sp³-hybridized carbons (Fsp3) is 0.292. The normalized spacial score (nSPS) is 19.5. The van der Waals surface area contributed by atoms with Crippen LogP contribution in [0, 0.1) is 0 Å². The van der Waals surface area contributed by atoms with E-state index in [1.54, 1.807) is 24.3 Å². The molecule has 0 saturated carbocycles. The number of anilines is 2. The SMILES string of the molecule is COc1cc(C(=O)N2C[C@@H]3CC2CN3c2ccc(N)nn2)ccc1-c1ccc(C(F)(F)F)cc1. The lowest BCUT2D eigenvalue weighted by Gasteiger charge is -2.34. The van der Waals surface area contributed by atoms with Crippen LogP contribution in [0.2, 0.25) is 0 Å². The van der Waals surface area contributed by atoms with Crippen molar-refractivity contribution in [2.45, 2.75) is 24.7 Å². The van der Waals surface area contributed by atoms with E-state index >= 15 is 0 Å². The molecule has 5 rings (SSSR count). The Balaban J connectivity index is 1.33. The van der Waals surface area contributed by atoms with Gasteiger partial charge in [0.1, 0.15) is 11.6 Å². The Morgan fingerprint density at radius 1 is 1.03 bits per heavy atom. The van der Waals surface area contributed by atoms with Gasteiger partial charge in [0.25, 0.3) is 5.91 Å². The van der Waals surface area contributed by atoms with Crippen LogP contribution in [0.1, 0.15) is 22.3 Å². The Bertz CT molecular complexity index is 1210. The summed E-state index contributed by atoms with van der Waals surface area (Å²) in [7, 11) is 1.47. The number of nitrogen functional groups attached to an aromatic ring is 1. The molecule has 2 bridgehead atoms. The first-order valence-corrected chi connectivity index (χ1v) is 10.8. The third kappa shape index (κ3) is 3.89. The zero-order valence-corrected chi connectivity index (χ0v) is 18.3. The van der Waals surface area contributed by atoms with E-state index in [1.165, 1.54) is 19.2 Å². The van der Waals surface area contributed by atoms with Crippen molar-refractivity contribution in [3.05, 3.63) is 65.7 Å². The number of halogens is 3. The van der Waals surface area contributed by atoms with Crippen molar-refractivity contribution in [2.75, 3.05) is 30.8 Å². The topological polar surface area (TPSA) is 84.6 Å². The number of fused-ring (bicyclic) bond motifs is 2. The Hall–Kier alpha value is -3.82. The Kier molecular flexibility index (Phi) is 5.30. The molecule has 2 fully saturated rings. The predicted molar refractivity (Wildman–Crippen MR) is 120 cm³/mol. The van der Waals surface area contributed by atoms with E-state index in [1.807, 2.05) is 11.0 Å². The molecule has 2 N–H and O–H groups in total. The van der Waals surface area contributed by atoms with Gasteiger partial charge in [0, 0.05) is 24.2 Å². The average Bonchev–Trinajstić information content (AvgIpc) is 3.44. The van der Waals surface area contributed by atoms with Crippen molar-refractivity contribution in [3.8, 4) is 16.9 Å². The van der Waals surface area contributed by atoms with Gasteiger partial charge in [-0.3, -0.25) is 4.79 Å². The number of ether oxygens (including phenoxy) is 1. The fourth-order valence-electron chi connectivity index (χ4n) is 4.75. The van der Waals surface area contributed by atoms with Gasteiger partial charge in [-0.25, -0.2) is 0 Å².